The van der Waals surface area contributed by atoms with Crippen molar-refractivity contribution in [1.29, 1.82) is 0 Å². The van der Waals surface area contributed by atoms with Crippen molar-refractivity contribution in [3.05, 3.63) is 22.6 Å². The maximum atomic E-state index is 5.31. The average molecular weight is 350 g/mol. The smallest absolute Gasteiger partial charge is 0.294 e. The van der Waals surface area contributed by atoms with E-state index in [0.29, 0.717) is 17.5 Å². The Balaban J connectivity index is 0.00000133. The van der Waals surface area contributed by atoms with Crippen LogP contribution in [-0.4, -0.2) is 41.7 Å². The minimum atomic E-state index is 0. The number of piperazine rings is 1. The summed E-state index contributed by atoms with van der Waals surface area (Å²) in [6.45, 7) is 2.79. The highest BCUT2D eigenvalue weighted by Crippen LogP contribution is 2.29. The van der Waals surface area contributed by atoms with Crippen LogP contribution in [0.1, 0.15) is 11.9 Å². The summed E-state index contributed by atoms with van der Waals surface area (Å²) < 4.78 is 11.4. The molecule has 1 fully saturated rings. The van der Waals surface area contributed by atoms with Gasteiger partial charge < -0.3 is 14.3 Å². The zero-order valence-corrected chi connectivity index (χ0v) is 12.7. The molecule has 2 aromatic rings. The third kappa shape index (κ3) is 2.84. The van der Waals surface area contributed by atoms with Gasteiger partial charge in [0.05, 0.1) is 16.8 Å². The highest BCUT2D eigenvalue weighted by atomic mass is 79.9. The van der Waals surface area contributed by atoms with Crippen LogP contribution in [0.25, 0.3) is 11.7 Å². The molecule has 0 aromatic carbocycles. The molecular weight excluding hydrogens is 336 g/mol. The normalized spacial score (nSPS) is 20.2. The quantitative estimate of drug-likeness (QED) is 0.895. The number of nitrogens with zero attached hydrogens (tertiary/aromatic N) is 3. The van der Waals surface area contributed by atoms with E-state index in [9.17, 15) is 0 Å². The molecular formula is C11H14BrClN4O2. The monoisotopic (exact) mass is 348 g/mol. The first-order valence-electron chi connectivity index (χ1n) is 5.73. The second-order valence-electron chi connectivity index (χ2n) is 4.26. The molecule has 19 heavy (non-hydrogen) atoms. The van der Waals surface area contributed by atoms with Crippen molar-refractivity contribution in [3.63, 3.8) is 0 Å². The number of furan rings is 1. The highest BCUT2D eigenvalue weighted by molar-refractivity contribution is 9.10. The van der Waals surface area contributed by atoms with Gasteiger partial charge in [0.2, 0.25) is 5.76 Å². The Morgan fingerprint density at radius 1 is 1.53 bits per heavy atom. The van der Waals surface area contributed by atoms with E-state index in [0.717, 1.165) is 24.1 Å². The van der Waals surface area contributed by atoms with Gasteiger partial charge >= 0.3 is 0 Å². The van der Waals surface area contributed by atoms with Crippen molar-refractivity contribution in [3.8, 4) is 11.7 Å². The molecule has 1 saturated heterocycles. The summed E-state index contributed by atoms with van der Waals surface area (Å²) in [6.07, 6.45) is 1.58. The van der Waals surface area contributed by atoms with Gasteiger partial charge in [0.15, 0.2) is 5.82 Å². The van der Waals surface area contributed by atoms with E-state index >= 15 is 0 Å². The third-order valence-electron chi connectivity index (χ3n) is 3.06. The van der Waals surface area contributed by atoms with E-state index in [2.05, 4.69) is 43.3 Å². The van der Waals surface area contributed by atoms with Gasteiger partial charge in [-0.15, -0.1) is 12.4 Å². The molecule has 2 aromatic heterocycles. The molecule has 0 spiro atoms. The van der Waals surface area contributed by atoms with Gasteiger partial charge in [-0.1, -0.05) is 5.16 Å². The molecule has 1 aliphatic rings. The van der Waals surface area contributed by atoms with Gasteiger partial charge in [-0.2, -0.15) is 4.98 Å². The van der Waals surface area contributed by atoms with Crippen molar-refractivity contribution in [1.82, 2.24) is 20.4 Å². The van der Waals surface area contributed by atoms with Gasteiger partial charge in [0.1, 0.15) is 0 Å². The molecule has 0 amide bonds. The van der Waals surface area contributed by atoms with Crippen molar-refractivity contribution >= 4 is 28.3 Å². The number of halogens is 2. The van der Waals surface area contributed by atoms with E-state index in [4.69, 9.17) is 8.94 Å². The van der Waals surface area contributed by atoms with Gasteiger partial charge in [-0.25, -0.2) is 0 Å². The van der Waals surface area contributed by atoms with Crippen LogP contribution in [0.2, 0.25) is 0 Å². The Kier molecular flexibility index (Phi) is 4.62. The predicted molar refractivity (Wildman–Crippen MR) is 75.2 cm³/mol. The predicted octanol–water partition coefficient (Wildman–Crippen LogP) is 2.09. The van der Waals surface area contributed by atoms with Gasteiger partial charge in [0, 0.05) is 19.6 Å². The minimum Gasteiger partial charge on any atom is -0.458 e. The Labute approximate surface area is 125 Å². The Morgan fingerprint density at radius 3 is 3.05 bits per heavy atom. The molecule has 1 aliphatic heterocycles. The molecule has 1 unspecified atom stereocenters. The lowest BCUT2D eigenvalue weighted by molar-refractivity contribution is 0.190. The number of nitrogens with one attached hydrogen (secondary N) is 1. The lowest BCUT2D eigenvalue weighted by Crippen LogP contribution is -2.44. The van der Waals surface area contributed by atoms with Crippen LogP contribution in [0.4, 0.5) is 0 Å². The van der Waals surface area contributed by atoms with Crippen molar-refractivity contribution in [2.24, 2.45) is 0 Å². The van der Waals surface area contributed by atoms with Crippen LogP contribution >= 0.6 is 28.3 Å². The molecule has 0 radical (unpaired) electrons. The fourth-order valence-corrected chi connectivity index (χ4v) is 2.37. The average Bonchev–Trinajstić information content (AvgIpc) is 2.98. The fraction of sp³-hybridized carbons (Fsp3) is 0.455. The second kappa shape index (κ2) is 6.04. The Bertz CT molecular complexity index is 544. The Morgan fingerprint density at radius 2 is 2.37 bits per heavy atom. The number of hydrogen-bond acceptors (Lipinski definition) is 6. The van der Waals surface area contributed by atoms with Crippen molar-refractivity contribution < 1.29 is 8.94 Å². The van der Waals surface area contributed by atoms with Crippen LogP contribution in [0, 0.1) is 0 Å². The first-order valence-corrected chi connectivity index (χ1v) is 6.53. The molecule has 0 bridgehead atoms. The maximum absolute atomic E-state index is 5.31. The van der Waals surface area contributed by atoms with E-state index in [-0.39, 0.29) is 18.4 Å². The molecule has 8 heteroatoms. The molecule has 3 heterocycles. The third-order valence-corrected chi connectivity index (χ3v) is 3.69. The topological polar surface area (TPSA) is 67.3 Å². The van der Waals surface area contributed by atoms with Crippen LogP contribution in [-0.2, 0) is 0 Å². The number of rotatable bonds is 2. The lowest BCUT2D eigenvalue weighted by Gasteiger charge is -2.30. The fourth-order valence-electron chi connectivity index (χ4n) is 2.00. The summed E-state index contributed by atoms with van der Waals surface area (Å²) >= 11 is 3.38. The van der Waals surface area contributed by atoms with Crippen molar-refractivity contribution in [2.75, 3.05) is 26.7 Å². The summed E-state index contributed by atoms with van der Waals surface area (Å²) in [5, 5.41) is 7.36. The maximum Gasteiger partial charge on any atom is 0.294 e. The van der Waals surface area contributed by atoms with Gasteiger partial charge in [-0.05, 0) is 29.0 Å². The summed E-state index contributed by atoms with van der Waals surface area (Å²) in [7, 11) is 2.06. The molecule has 1 atom stereocenters. The second-order valence-corrected chi connectivity index (χ2v) is 5.11. The Hall–Kier alpha value is -0.890. The highest BCUT2D eigenvalue weighted by Gasteiger charge is 2.26. The molecule has 104 valence electrons. The van der Waals surface area contributed by atoms with E-state index in [1.807, 2.05) is 0 Å². The van der Waals surface area contributed by atoms with E-state index in [1.165, 1.54) is 0 Å². The van der Waals surface area contributed by atoms with Crippen LogP contribution in [0.3, 0.4) is 0 Å². The molecule has 0 aliphatic carbocycles. The van der Waals surface area contributed by atoms with Gasteiger partial charge in [-0.3, -0.25) is 4.90 Å². The summed E-state index contributed by atoms with van der Waals surface area (Å²) in [5.74, 6) is 1.66. The summed E-state index contributed by atoms with van der Waals surface area (Å²) in [5.41, 5.74) is 0. The molecule has 0 saturated carbocycles. The first-order chi connectivity index (χ1) is 8.75. The van der Waals surface area contributed by atoms with E-state index in [1.54, 1.807) is 12.3 Å². The summed E-state index contributed by atoms with van der Waals surface area (Å²) in [6, 6.07) is 1.94. The van der Waals surface area contributed by atoms with E-state index < -0.39 is 0 Å². The van der Waals surface area contributed by atoms with Crippen LogP contribution < -0.4 is 5.32 Å². The van der Waals surface area contributed by atoms with Gasteiger partial charge in [0.25, 0.3) is 5.89 Å². The number of hydrogen-bond donors (Lipinski definition) is 1. The molecule has 1 N–H and O–H groups in total. The number of aromatic nitrogens is 2. The zero-order chi connectivity index (χ0) is 12.5. The standard InChI is InChI=1S/C11H13BrN4O2.ClH/c1-16-4-3-13-6-8(16)10-14-11(18-15-10)9-7(12)2-5-17-9;/h2,5,8,13H,3-4,6H2,1H3;1H. The summed E-state index contributed by atoms with van der Waals surface area (Å²) in [4.78, 5) is 6.62. The van der Waals surface area contributed by atoms with Crippen LogP contribution in [0.5, 0.6) is 0 Å². The SMILES string of the molecule is CN1CCNCC1c1noc(-c2occc2Br)n1.Cl. The number of likely N-dealkylation sites (N-methyl/N-ethyl adjacent to an activating group) is 1. The minimum absolute atomic E-state index is 0. The molecule has 6 nitrogen and oxygen atoms in total. The lowest BCUT2D eigenvalue weighted by atomic mass is 10.2. The van der Waals surface area contributed by atoms with Crippen molar-refractivity contribution in [2.45, 2.75) is 6.04 Å². The zero-order valence-electron chi connectivity index (χ0n) is 10.3. The first kappa shape index (κ1) is 14.5. The largest absolute Gasteiger partial charge is 0.458 e. The molecule has 3 rings (SSSR count). The van der Waals surface area contributed by atoms with Crippen LogP contribution in [0.15, 0.2) is 25.7 Å².